The number of aromatic nitrogens is 2. The minimum atomic E-state index is -0.503. The summed E-state index contributed by atoms with van der Waals surface area (Å²) in [5.74, 6) is -0.373. The van der Waals surface area contributed by atoms with Gasteiger partial charge >= 0.3 is 0 Å². The second-order valence-electron chi connectivity index (χ2n) is 3.93. The van der Waals surface area contributed by atoms with E-state index in [4.69, 9.17) is 22.1 Å². The molecule has 0 aliphatic heterocycles. The fraction of sp³-hybridized carbons (Fsp3) is 0.250. The van der Waals surface area contributed by atoms with Crippen LogP contribution in [0.1, 0.15) is 11.4 Å². The summed E-state index contributed by atoms with van der Waals surface area (Å²) in [6, 6.07) is 4.24. The Morgan fingerprint density at radius 3 is 2.72 bits per heavy atom. The molecule has 2 N–H and O–H groups in total. The van der Waals surface area contributed by atoms with E-state index in [0.29, 0.717) is 10.7 Å². The Hall–Kier alpha value is -1.75. The number of nitrogen functional groups attached to an aromatic ring is 1. The molecule has 0 bridgehead atoms. The number of nitrogens with zero attached hydrogens (tertiary/aromatic N) is 2. The Bertz CT molecular complexity index is 583. The molecule has 96 valence electrons. The van der Waals surface area contributed by atoms with Crippen LogP contribution in [0.4, 0.5) is 10.1 Å². The first kappa shape index (κ1) is 12.7. The van der Waals surface area contributed by atoms with Gasteiger partial charge in [0.2, 0.25) is 0 Å². The van der Waals surface area contributed by atoms with Crippen LogP contribution in [-0.4, -0.2) is 9.78 Å². The second kappa shape index (κ2) is 4.86. The molecule has 2 rings (SSSR count). The van der Waals surface area contributed by atoms with Gasteiger partial charge in [0.25, 0.3) is 0 Å². The summed E-state index contributed by atoms with van der Waals surface area (Å²) in [6.07, 6.45) is 0. The lowest BCUT2D eigenvalue weighted by Crippen LogP contribution is -2.09. The monoisotopic (exact) mass is 269 g/mol. The predicted octanol–water partition coefficient (Wildman–Crippen LogP) is 2.91. The second-order valence-corrected chi connectivity index (χ2v) is 4.37. The fourth-order valence-corrected chi connectivity index (χ4v) is 1.72. The van der Waals surface area contributed by atoms with E-state index >= 15 is 0 Å². The SMILES string of the molecule is Cc1nn(COc2ccc(Cl)cc2F)c(C)c1N. The summed E-state index contributed by atoms with van der Waals surface area (Å²) in [5, 5.41) is 4.52. The largest absolute Gasteiger partial charge is 0.468 e. The number of halogens is 2. The van der Waals surface area contributed by atoms with Crippen LogP contribution in [-0.2, 0) is 6.73 Å². The van der Waals surface area contributed by atoms with Crippen molar-refractivity contribution in [1.29, 1.82) is 0 Å². The number of hydrogen-bond acceptors (Lipinski definition) is 3. The molecule has 0 aliphatic carbocycles. The van der Waals surface area contributed by atoms with Crippen LogP contribution in [0.15, 0.2) is 18.2 Å². The third-order valence-electron chi connectivity index (χ3n) is 2.67. The maximum atomic E-state index is 13.5. The highest BCUT2D eigenvalue weighted by atomic mass is 35.5. The first-order valence-corrected chi connectivity index (χ1v) is 5.74. The van der Waals surface area contributed by atoms with Gasteiger partial charge in [-0.1, -0.05) is 11.6 Å². The summed E-state index contributed by atoms with van der Waals surface area (Å²) in [6.45, 7) is 3.74. The van der Waals surface area contributed by atoms with Gasteiger partial charge in [-0.2, -0.15) is 5.10 Å². The average molecular weight is 270 g/mol. The maximum absolute atomic E-state index is 13.5. The molecule has 0 saturated heterocycles. The highest BCUT2D eigenvalue weighted by molar-refractivity contribution is 6.30. The minimum absolute atomic E-state index is 0.0996. The van der Waals surface area contributed by atoms with E-state index in [1.165, 1.54) is 12.1 Å². The molecule has 4 nitrogen and oxygen atoms in total. The van der Waals surface area contributed by atoms with Gasteiger partial charge in [-0.25, -0.2) is 9.07 Å². The van der Waals surface area contributed by atoms with Gasteiger partial charge in [0, 0.05) is 5.02 Å². The molecule has 0 radical (unpaired) electrons. The molecule has 0 unspecified atom stereocenters. The van der Waals surface area contributed by atoms with E-state index in [2.05, 4.69) is 5.10 Å². The van der Waals surface area contributed by atoms with Crippen LogP contribution in [0.2, 0.25) is 5.02 Å². The Kier molecular flexibility index (Phi) is 3.43. The summed E-state index contributed by atoms with van der Waals surface area (Å²) >= 11 is 5.65. The highest BCUT2D eigenvalue weighted by Gasteiger charge is 2.09. The molecule has 1 aromatic carbocycles. The maximum Gasteiger partial charge on any atom is 0.181 e. The number of nitrogens with two attached hydrogens (primary N) is 1. The molecular formula is C12H13ClFN3O. The molecule has 0 aliphatic rings. The minimum Gasteiger partial charge on any atom is -0.468 e. The molecular weight excluding hydrogens is 257 g/mol. The summed E-state index contributed by atoms with van der Waals surface area (Å²) in [5.41, 5.74) is 7.93. The van der Waals surface area contributed by atoms with Gasteiger partial charge in [-0.3, -0.25) is 0 Å². The van der Waals surface area contributed by atoms with Crippen molar-refractivity contribution >= 4 is 17.3 Å². The van der Waals surface area contributed by atoms with Crippen LogP contribution in [0, 0.1) is 19.7 Å². The molecule has 0 atom stereocenters. The quantitative estimate of drug-likeness (QED) is 0.932. The number of aryl methyl sites for hydroxylation is 1. The number of benzene rings is 1. The van der Waals surface area contributed by atoms with E-state index in [0.717, 1.165) is 11.4 Å². The highest BCUT2D eigenvalue weighted by Crippen LogP contribution is 2.22. The average Bonchev–Trinajstić information content (AvgIpc) is 2.56. The van der Waals surface area contributed by atoms with Crippen LogP contribution < -0.4 is 10.5 Å². The van der Waals surface area contributed by atoms with Crippen molar-refractivity contribution in [2.75, 3.05) is 5.73 Å². The van der Waals surface area contributed by atoms with Gasteiger partial charge < -0.3 is 10.5 Å². The molecule has 18 heavy (non-hydrogen) atoms. The molecule has 6 heteroatoms. The van der Waals surface area contributed by atoms with E-state index in [1.807, 2.05) is 13.8 Å². The van der Waals surface area contributed by atoms with Crippen LogP contribution >= 0.6 is 11.6 Å². The van der Waals surface area contributed by atoms with Crippen molar-refractivity contribution in [2.24, 2.45) is 0 Å². The Balaban J connectivity index is 2.14. The number of hydrogen-bond donors (Lipinski definition) is 1. The van der Waals surface area contributed by atoms with Gasteiger partial charge in [-0.05, 0) is 32.0 Å². The zero-order valence-electron chi connectivity index (χ0n) is 10.1. The van der Waals surface area contributed by atoms with Crippen molar-refractivity contribution in [2.45, 2.75) is 20.6 Å². The number of rotatable bonds is 3. The molecule has 0 amide bonds. The van der Waals surface area contributed by atoms with Crippen molar-refractivity contribution in [1.82, 2.24) is 9.78 Å². The Morgan fingerprint density at radius 2 is 2.17 bits per heavy atom. The zero-order chi connectivity index (χ0) is 13.3. The lowest BCUT2D eigenvalue weighted by atomic mass is 10.3. The van der Waals surface area contributed by atoms with Crippen molar-refractivity contribution < 1.29 is 9.13 Å². The summed E-state index contributed by atoms with van der Waals surface area (Å²) in [7, 11) is 0. The molecule has 0 saturated carbocycles. The van der Waals surface area contributed by atoms with E-state index in [1.54, 1.807) is 10.7 Å². The molecule has 0 fully saturated rings. The van der Waals surface area contributed by atoms with Gasteiger partial charge in [-0.15, -0.1) is 0 Å². The lowest BCUT2D eigenvalue weighted by Gasteiger charge is -2.08. The van der Waals surface area contributed by atoms with Gasteiger partial charge in [0.05, 0.1) is 17.1 Å². The van der Waals surface area contributed by atoms with E-state index in [-0.39, 0.29) is 12.5 Å². The first-order chi connectivity index (χ1) is 8.49. The van der Waals surface area contributed by atoms with Gasteiger partial charge in [0.1, 0.15) is 0 Å². The topological polar surface area (TPSA) is 53.1 Å². The first-order valence-electron chi connectivity index (χ1n) is 5.36. The third-order valence-corrected chi connectivity index (χ3v) is 2.91. The standard InChI is InChI=1S/C12H13ClFN3O/c1-7-12(15)8(2)17(16-7)6-18-11-4-3-9(13)5-10(11)14/h3-5H,6,15H2,1-2H3. The van der Waals surface area contributed by atoms with E-state index < -0.39 is 5.82 Å². The predicted molar refractivity (Wildman–Crippen MR) is 68.2 cm³/mol. The number of ether oxygens (including phenoxy) is 1. The van der Waals surface area contributed by atoms with Crippen LogP contribution in [0.25, 0.3) is 0 Å². The van der Waals surface area contributed by atoms with Crippen LogP contribution in [0.3, 0.4) is 0 Å². The van der Waals surface area contributed by atoms with Crippen molar-refractivity contribution in [3.8, 4) is 5.75 Å². The zero-order valence-corrected chi connectivity index (χ0v) is 10.8. The number of anilines is 1. The normalized spacial score (nSPS) is 10.7. The lowest BCUT2D eigenvalue weighted by molar-refractivity contribution is 0.208. The molecule has 1 heterocycles. The third kappa shape index (κ3) is 2.41. The van der Waals surface area contributed by atoms with E-state index in [9.17, 15) is 4.39 Å². The van der Waals surface area contributed by atoms with Crippen molar-refractivity contribution in [3.05, 3.63) is 40.4 Å². The summed E-state index contributed by atoms with van der Waals surface area (Å²) < 4.78 is 20.4. The van der Waals surface area contributed by atoms with Gasteiger partial charge in [0.15, 0.2) is 18.3 Å². The smallest absolute Gasteiger partial charge is 0.181 e. The molecule has 0 spiro atoms. The Morgan fingerprint density at radius 1 is 1.44 bits per heavy atom. The van der Waals surface area contributed by atoms with Crippen molar-refractivity contribution in [3.63, 3.8) is 0 Å². The molecule has 1 aromatic heterocycles. The Labute approximate surface area is 109 Å². The fourth-order valence-electron chi connectivity index (χ4n) is 1.56. The van der Waals surface area contributed by atoms with Crippen LogP contribution in [0.5, 0.6) is 5.75 Å². The molecule has 2 aromatic rings. The summed E-state index contributed by atoms with van der Waals surface area (Å²) in [4.78, 5) is 0.